The van der Waals surface area contributed by atoms with Crippen LogP contribution in [0.25, 0.3) is 0 Å². The van der Waals surface area contributed by atoms with Gasteiger partial charge in [0.1, 0.15) is 0 Å². The highest BCUT2D eigenvalue weighted by atomic mass is 32.2. The molecule has 0 bridgehead atoms. The van der Waals surface area contributed by atoms with Crippen LogP contribution in [0.4, 0.5) is 0 Å². The van der Waals surface area contributed by atoms with Crippen LogP contribution in [0.5, 0.6) is 0 Å². The summed E-state index contributed by atoms with van der Waals surface area (Å²) in [7, 11) is -3.79. The van der Waals surface area contributed by atoms with Gasteiger partial charge in [-0.25, -0.2) is 0 Å². The van der Waals surface area contributed by atoms with Crippen LogP contribution in [-0.4, -0.2) is 56.1 Å². The van der Waals surface area contributed by atoms with Crippen LogP contribution in [0, 0.1) is 6.92 Å². The summed E-state index contributed by atoms with van der Waals surface area (Å²) in [6.45, 7) is 5.26. The number of hydrogen-bond acceptors (Lipinski definition) is 11. The first kappa shape index (κ1) is 46.7. The summed E-state index contributed by atoms with van der Waals surface area (Å²) in [6.07, 6.45) is 12.3. The minimum Gasteiger partial charge on any atom is -0.502 e. The molecule has 4 aromatic carbocycles. The second-order valence-electron chi connectivity index (χ2n) is 13.9. The fourth-order valence-corrected chi connectivity index (χ4v) is 6.90. The number of benzene rings is 4. The van der Waals surface area contributed by atoms with Gasteiger partial charge in [0, 0.05) is 13.2 Å². The maximum absolute atomic E-state index is 12.4. The van der Waals surface area contributed by atoms with Crippen molar-refractivity contribution in [2.45, 2.75) is 115 Å². The van der Waals surface area contributed by atoms with Crippen LogP contribution in [0.2, 0.25) is 0 Å². The van der Waals surface area contributed by atoms with Gasteiger partial charge in [0.2, 0.25) is 0 Å². The smallest absolute Gasteiger partial charge is 0.297 e. The van der Waals surface area contributed by atoms with E-state index in [0.29, 0.717) is 13.2 Å². The highest BCUT2D eigenvalue weighted by Crippen LogP contribution is 2.21. The number of rotatable bonds is 13. The standard InChI is InChI=1S/C20H24O5S.C13H18O3.C8H10O2.C5H8O/c1-16-9-11-19(12-10-16)26(21,22)25-15-18-7-3-2-6-17(18)14-24-20-8-4-5-13-23-20;14-9-11-5-1-2-6-12(11)10-16-13-7-3-4-8-15-13;9-5-7-3-1-2-4-8(7)6-10;1-2-4-6-5-3-1/h2-3,6-7,9-12,20H,4-5,8,13-15H2,1H3;1-2,5-6,13-14H,3-4,7-10H2;1-4,9-10H,5-6H2;2,4H,1,3,5H2. The summed E-state index contributed by atoms with van der Waals surface area (Å²) in [4.78, 5) is 0.160. The maximum atomic E-state index is 12.4. The van der Waals surface area contributed by atoms with Crippen molar-refractivity contribution in [1.29, 1.82) is 0 Å². The highest BCUT2D eigenvalue weighted by Gasteiger charge is 2.18. The second kappa shape index (κ2) is 26.9. The van der Waals surface area contributed by atoms with Crippen LogP contribution >= 0.6 is 0 Å². The normalized spacial score (nSPS) is 17.6. The average Bonchev–Trinajstić information content (AvgIpc) is 3.29. The lowest BCUT2D eigenvalue weighted by Gasteiger charge is -2.23. The van der Waals surface area contributed by atoms with Crippen LogP contribution in [0.3, 0.4) is 0 Å². The molecule has 0 radical (unpaired) electrons. The Labute approximate surface area is 344 Å². The Morgan fingerprint density at radius 2 is 1.02 bits per heavy atom. The van der Waals surface area contributed by atoms with Crippen molar-refractivity contribution in [3.8, 4) is 0 Å². The third kappa shape index (κ3) is 17.1. The molecule has 2 fully saturated rings. The molecule has 0 spiro atoms. The molecule has 2 unspecified atom stereocenters. The van der Waals surface area contributed by atoms with Gasteiger partial charge in [0.15, 0.2) is 12.6 Å². The zero-order valence-corrected chi connectivity index (χ0v) is 34.4. The number of aryl methyl sites for hydroxylation is 1. The van der Waals surface area contributed by atoms with Gasteiger partial charge in [-0.1, -0.05) is 90.5 Å². The van der Waals surface area contributed by atoms with Crippen molar-refractivity contribution < 1.29 is 51.6 Å². The summed E-state index contributed by atoms with van der Waals surface area (Å²) in [6, 6.07) is 29.2. The molecule has 0 saturated carbocycles. The van der Waals surface area contributed by atoms with Crippen LogP contribution < -0.4 is 0 Å². The number of aliphatic hydroxyl groups excluding tert-OH is 3. The van der Waals surface area contributed by atoms with Gasteiger partial charge in [-0.3, -0.25) is 4.18 Å². The molecule has 2 atom stereocenters. The monoisotopic (exact) mass is 820 g/mol. The van der Waals surface area contributed by atoms with Crippen molar-refractivity contribution in [3.63, 3.8) is 0 Å². The van der Waals surface area contributed by atoms with Crippen LogP contribution in [0.15, 0.2) is 114 Å². The van der Waals surface area contributed by atoms with E-state index in [1.807, 2.05) is 73.7 Å². The zero-order chi connectivity index (χ0) is 41.3. The van der Waals surface area contributed by atoms with Gasteiger partial charge in [-0.2, -0.15) is 8.42 Å². The second-order valence-corrected chi connectivity index (χ2v) is 15.5. The SMILES string of the molecule is C1=COCCC1.Cc1ccc(S(=O)(=O)OCc2ccccc2COC2CCCCO2)cc1.OCc1ccccc1CO.OCc1ccccc1COC1CCCCO1. The minimum absolute atomic E-state index is 0.00324. The number of aliphatic hydroxyl groups is 3. The number of ether oxygens (including phenoxy) is 5. The van der Waals surface area contributed by atoms with Gasteiger partial charge < -0.3 is 39.0 Å². The van der Waals surface area contributed by atoms with Crippen LogP contribution in [0.1, 0.15) is 90.3 Å². The van der Waals surface area contributed by atoms with Crippen molar-refractivity contribution in [1.82, 2.24) is 0 Å². The molecule has 12 heteroatoms. The molecule has 7 rings (SSSR count). The summed E-state index contributed by atoms with van der Waals surface area (Å²) in [5.74, 6) is 0. The van der Waals surface area contributed by atoms with Gasteiger partial charge >= 0.3 is 0 Å². The van der Waals surface area contributed by atoms with E-state index in [9.17, 15) is 8.42 Å². The summed E-state index contributed by atoms with van der Waals surface area (Å²) >= 11 is 0. The van der Waals surface area contributed by atoms with Gasteiger partial charge in [0.05, 0.1) is 57.4 Å². The minimum atomic E-state index is -3.79. The van der Waals surface area contributed by atoms with E-state index >= 15 is 0 Å². The Bertz CT molecular complexity index is 1820. The number of hydrogen-bond donors (Lipinski definition) is 3. The molecular weight excluding hydrogens is 761 g/mol. The lowest BCUT2D eigenvalue weighted by Crippen LogP contribution is -2.22. The predicted octanol–water partition coefficient (Wildman–Crippen LogP) is 8.15. The fraction of sp³-hybridized carbons (Fsp3) is 0.435. The Balaban J connectivity index is 0.000000196. The summed E-state index contributed by atoms with van der Waals surface area (Å²) in [5.41, 5.74) is 6.25. The topological polar surface area (TPSA) is 150 Å². The molecule has 3 aliphatic heterocycles. The van der Waals surface area contributed by atoms with E-state index in [4.69, 9.17) is 43.2 Å². The van der Waals surface area contributed by atoms with Crippen molar-refractivity contribution in [2.75, 3.05) is 19.8 Å². The molecule has 58 heavy (non-hydrogen) atoms. The average molecular weight is 821 g/mol. The van der Waals surface area contributed by atoms with Crippen molar-refractivity contribution >= 4 is 10.1 Å². The maximum Gasteiger partial charge on any atom is 0.297 e. The largest absolute Gasteiger partial charge is 0.502 e. The Morgan fingerprint density at radius 3 is 1.40 bits per heavy atom. The van der Waals surface area contributed by atoms with E-state index < -0.39 is 10.1 Å². The first-order valence-corrected chi connectivity index (χ1v) is 21.5. The lowest BCUT2D eigenvalue weighted by atomic mass is 10.1. The Hall–Kier alpha value is -3.95. The molecule has 4 aromatic rings. The zero-order valence-electron chi connectivity index (χ0n) is 33.6. The highest BCUT2D eigenvalue weighted by molar-refractivity contribution is 7.86. The molecule has 316 valence electrons. The van der Waals surface area contributed by atoms with Gasteiger partial charge in [-0.15, -0.1) is 0 Å². The molecule has 3 heterocycles. The summed E-state index contributed by atoms with van der Waals surface area (Å²) in [5, 5.41) is 26.6. The fourth-order valence-electron chi connectivity index (χ4n) is 6.01. The van der Waals surface area contributed by atoms with Gasteiger partial charge in [-0.05, 0) is 110 Å². The quantitative estimate of drug-likeness (QED) is 0.112. The third-order valence-corrected chi connectivity index (χ3v) is 10.8. The molecule has 3 N–H and O–H groups in total. The molecular formula is C46H60O11S. The van der Waals surface area contributed by atoms with E-state index in [0.717, 1.165) is 90.9 Å². The molecule has 11 nitrogen and oxygen atoms in total. The molecule has 0 amide bonds. The van der Waals surface area contributed by atoms with E-state index in [1.54, 1.807) is 42.7 Å². The molecule has 2 saturated heterocycles. The summed E-state index contributed by atoms with van der Waals surface area (Å²) < 4.78 is 57.4. The van der Waals surface area contributed by atoms with E-state index in [2.05, 4.69) is 0 Å². The predicted molar refractivity (Wildman–Crippen MR) is 221 cm³/mol. The van der Waals surface area contributed by atoms with Crippen LogP contribution in [-0.2, 0) is 77.6 Å². The van der Waals surface area contributed by atoms with E-state index in [-0.39, 0.29) is 43.9 Å². The van der Waals surface area contributed by atoms with Gasteiger partial charge in [0.25, 0.3) is 10.1 Å². The first-order chi connectivity index (χ1) is 28.3. The van der Waals surface area contributed by atoms with Crippen molar-refractivity contribution in [2.24, 2.45) is 0 Å². The Morgan fingerprint density at radius 1 is 0.569 bits per heavy atom. The van der Waals surface area contributed by atoms with Crippen molar-refractivity contribution in [3.05, 3.63) is 148 Å². The lowest BCUT2D eigenvalue weighted by molar-refractivity contribution is -0.169. The first-order valence-electron chi connectivity index (χ1n) is 20.0. The van der Waals surface area contributed by atoms with E-state index in [1.165, 1.54) is 19.3 Å². The molecule has 3 aliphatic rings. The molecule has 0 aliphatic carbocycles. The third-order valence-electron chi connectivity index (χ3n) is 9.50. The Kier molecular flexibility index (Phi) is 21.7. The molecule has 0 aromatic heterocycles. The number of allylic oxidation sites excluding steroid dienone is 1.